The Morgan fingerprint density at radius 2 is 2.05 bits per heavy atom. The lowest BCUT2D eigenvalue weighted by Crippen LogP contribution is -2.10. The SMILES string of the molecule is CC(=O)Nc1cccc(C(C)Nc2ccc(Cl)nn2)c1. The molecule has 1 aromatic carbocycles. The van der Waals surface area contributed by atoms with Crippen molar-refractivity contribution in [2.45, 2.75) is 19.9 Å². The third-order valence-corrected chi connectivity index (χ3v) is 2.90. The van der Waals surface area contributed by atoms with Crippen molar-refractivity contribution in [2.24, 2.45) is 0 Å². The molecule has 0 radical (unpaired) electrons. The zero-order valence-electron chi connectivity index (χ0n) is 11.2. The van der Waals surface area contributed by atoms with Crippen LogP contribution in [-0.2, 0) is 4.79 Å². The molecule has 0 aliphatic carbocycles. The Kier molecular flexibility index (Phi) is 4.53. The van der Waals surface area contributed by atoms with Crippen molar-refractivity contribution in [3.8, 4) is 0 Å². The first-order valence-electron chi connectivity index (χ1n) is 6.18. The Morgan fingerprint density at radius 1 is 1.25 bits per heavy atom. The monoisotopic (exact) mass is 290 g/mol. The van der Waals surface area contributed by atoms with Gasteiger partial charge in [0.2, 0.25) is 5.91 Å². The predicted molar refractivity (Wildman–Crippen MR) is 79.8 cm³/mol. The molecule has 0 saturated carbocycles. The molecule has 0 spiro atoms. The maximum atomic E-state index is 11.1. The molecule has 2 N–H and O–H groups in total. The molecular formula is C14H15ClN4O. The van der Waals surface area contributed by atoms with E-state index in [1.165, 1.54) is 6.92 Å². The van der Waals surface area contributed by atoms with E-state index in [9.17, 15) is 4.79 Å². The fourth-order valence-electron chi connectivity index (χ4n) is 1.79. The Labute approximate surface area is 122 Å². The molecule has 0 bridgehead atoms. The lowest BCUT2D eigenvalue weighted by atomic mass is 10.1. The van der Waals surface area contributed by atoms with Crippen molar-refractivity contribution in [1.29, 1.82) is 0 Å². The van der Waals surface area contributed by atoms with Gasteiger partial charge in [-0.1, -0.05) is 23.7 Å². The Balaban J connectivity index is 2.10. The maximum Gasteiger partial charge on any atom is 0.221 e. The van der Waals surface area contributed by atoms with Gasteiger partial charge in [0.05, 0.1) is 6.04 Å². The third kappa shape index (κ3) is 3.93. The number of carbonyl (C=O) groups excluding carboxylic acids is 1. The molecule has 6 heteroatoms. The van der Waals surface area contributed by atoms with Gasteiger partial charge in [-0.25, -0.2) is 0 Å². The predicted octanol–water partition coefficient (Wildman–Crippen LogP) is 3.26. The van der Waals surface area contributed by atoms with Gasteiger partial charge in [-0.3, -0.25) is 4.79 Å². The van der Waals surface area contributed by atoms with Gasteiger partial charge in [-0.05, 0) is 36.8 Å². The topological polar surface area (TPSA) is 66.9 Å². The zero-order valence-corrected chi connectivity index (χ0v) is 12.0. The summed E-state index contributed by atoms with van der Waals surface area (Å²) >= 11 is 5.69. The quantitative estimate of drug-likeness (QED) is 0.907. The summed E-state index contributed by atoms with van der Waals surface area (Å²) in [6.07, 6.45) is 0. The minimum atomic E-state index is -0.0914. The highest BCUT2D eigenvalue weighted by molar-refractivity contribution is 6.29. The lowest BCUT2D eigenvalue weighted by Gasteiger charge is -2.15. The van der Waals surface area contributed by atoms with Crippen LogP contribution in [0.5, 0.6) is 0 Å². The van der Waals surface area contributed by atoms with Crippen LogP contribution in [0.2, 0.25) is 5.15 Å². The molecule has 2 rings (SSSR count). The lowest BCUT2D eigenvalue weighted by molar-refractivity contribution is -0.114. The van der Waals surface area contributed by atoms with Gasteiger partial charge in [0, 0.05) is 12.6 Å². The Bertz CT molecular complexity index is 600. The first kappa shape index (κ1) is 14.3. The van der Waals surface area contributed by atoms with E-state index in [0.29, 0.717) is 11.0 Å². The van der Waals surface area contributed by atoms with E-state index in [-0.39, 0.29) is 11.9 Å². The summed E-state index contributed by atoms with van der Waals surface area (Å²) < 4.78 is 0. The van der Waals surface area contributed by atoms with Crippen molar-refractivity contribution in [3.05, 3.63) is 47.1 Å². The first-order valence-corrected chi connectivity index (χ1v) is 6.56. The van der Waals surface area contributed by atoms with E-state index in [1.807, 2.05) is 31.2 Å². The zero-order chi connectivity index (χ0) is 14.5. The van der Waals surface area contributed by atoms with Crippen LogP contribution in [0.15, 0.2) is 36.4 Å². The molecule has 1 unspecified atom stereocenters. The molecule has 5 nitrogen and oxygen atoms in total. The van der Waals surface area contributed by atoms with Gasteiger partial charge in [-0.2, -0.15) is 0 Å². The van der Waals surface area contributed by atoms with Gasteiger partial charge in [0.15, 0.2) is 5.15 Å². The van der Waals surface area contributed by atoms with Crippen molar-refractivity contribution >= 4 is 29.0 Å². The number of rotatable bonds is 4. The Morgan fingerprint density at radius 3 is 2.70 bits per heavy atom. The van der Waals surface area contributed by atoms with Crippen LogP contribution >= 0.6 is 11.6 Å². The van der Waals surface area contributed by atoms with Crippen molar-refractivity contribution in [2.75, 3.05) is 10.6 Å². The van der Waals surface area contributed by atoms with Crippen molar-refractivity contribution in [1.82, 2.24) is 10.2 Å². The molecule has 20 heavy (non-hydrogen) atoms. The number of nitrogens with one attached hydrogen (secondary N) is 2. The minimum Gasteiger partial charge on any atom is -0.362 e. The van der Waals surface area contributed by atoms with E-state index in [2.05, 4.69) is 20.8 Å². The molecule has 0 fully saturated rings. The summed E-state index contributed by atoms with van der Waals surface area (Å²) in [7, 11) is 0. The van der Waals surface area contributed by atoms with Gasteiger partial charge >= 0.3 is 0 Å². The average Bonchev–Trinajstić information content (AvgIpc) is 2.41. The first-order chi connectivity index (χ1) is 9.54. The van der Waals surface area contributed by atoms with E-state index in [1.54, 1.807) is 12.1 Å². The largest absolute Gasteiger partial charge is 0.362 e. The standard InChI is InChI=1S/C14H15ClN4O/c1-9(16-14-7-6-13(15)18-19-14)11-4-3-5-12(8-11)17-10(2)20/h3-9H,1-2H3,(H,16,19)(H,17,20). The van der Waals surface area contributed by atoms with Crippen LogP contribution in [0.1, 0.15) is 25.5 Å². The second kappa shape index (κ2) is 6.34. The molecule has 2 aromatic rings. The number of amides is 1. The van der Waals surface area contributed by atoms with Crippen LogP contribution in [0, 0.1) is 0 Å². The highest BCUT2D eigenvalue weighted by atomic mass is 35.5. The number of anilines is 2. The molecular weight excluding hydrogens is 276 g/mol. The number of carbonyl (C=O) groups is 1. The van der Waals surface area contributed by atoms with E-state index >= 15 is 0 Å². The Hall–Kier alpha value is -2.14. The normalized spacial score (nSPS) is 11.8. The van der Waals surface area contributed by atoms with Gasteiger partial charge < -0.3 is 10.6 Å². The van der Waals surface area contributed by atoms with Gasteiger partial charge in [0.25, 0.3) is 0 Å². The highest BCUT2D eigenvalue weighted by Crippen LogP contribution is 2.21. The number of aromatic nitrogens is 2. The number of hydrogen-bond donors (Lipinski definition) is 2. The smallest absolute Gasteiger partial charge is 0.221 e. The molecule has 1 aromatic heterocycles. The van der Waals surface area contributed by atoms with E-state index in [0.717, 1.165) is 11.3 Å². The van der Waals surface area contributed by atoms with E-state index in [4.69, 9.17) is 11.6 Å². The average molecular weight is 291 g/mol. The molecule has 1 amide bonds. The van der Waals surface area contributed by atoms with Gasteiger partial charge in [0.1, 0.15) is 5.82 Å². The second-order valence-electron chi connectivity index (χ2n) is 4.41. The molecule has 0 saturated heterocycles. The molecule has 104 valence electrons. The molecule has 1 heterocycles. The van der Waals surface area contributed by atoms with Crippen LogP contribution in [0.3, 0.4) is 0 Å². The highest BCUT2D eigenvalue weighted by Gasteiger charge is 2.07. The van der Waals surface area contributed by atoms with Crippen LogP contribution in [-0.4, -0.2) is 16.1 Å². The summed E-state index contributed by atoms with van der Waals surface area (Å²) in [6, 6.07) is 11.1. The molecule has 0 aliphatic rings. The van der Waals surface area contributed by atoms with Crippen LogP contribution in [0.4, 0.5) is 11.5 Å². The van der Waals surface area contributed by atoms with Gasteiger partial charge in [-0.15, -0.1) is 10.2 Å². The number of nitrogens with zero attached hydrogens (tertiary/aromatic N) is 2. The summed E-state index contributed by atoms with van der Waals surface area (Å²) in [5.74, 6) is 0.554. The minimum absolute atomic E-state index is 0.0270. The summed E-state index contributed by atoms with van der Waals surface area (Å²) in [5.41, 5.74) is 1.80. The van der Waals surface area contributed by atoms with Crippen LogP contribution in [0.25, 0.3) is 0 Å². The van der Waals surface area contributed by atoms with E-state index < -0.39 is 0 Å². The fourth-order valence-corrected chi connectivity index (χ4v) is 1.89. The molecule has 1 atom stereocenters. The summed E-state index contributed by atoms with van der Waals surface area (Å²) in [5, 5.41) is 14.1. The number of halogens is 1. The maximum absolute atomic E-state index is 11.1. The second-order valence-corrected chi connectivity index (χ2v) is 4.80. The van der Waals surface area contributed by atoms with Crippen molar-refractivity contribution in [3.63, 3.8) is 0 Å². The number of benzene rings is 1. The summed E-state index contributed by atoms with van der Waals surface area (Å²) in [6.45, 7) is 3.49. The summed E-state index contributed by atoms with van der Waals surface area (Å²) in [4.78, 5) is 11.1. The molecule has 0 aliphatic heterocycles. The third-order valence-electron chi connectivity index (χ3n) is 2.70. The number of hydrogen-bond acceptors (Lipinski definition) is 4. The van der Waals surface area contributed by atoms with Crippen LogP contribution < -0.4 is 10.6 Å². The fraction of sp³-hybridized carbons (Fsp3) is 0.214. The van der Waals surface area contributed by atoms with Crippen molar-refractivity contribution < 1.29 is 4.79 Å².